The van der Waals surface area contributed by atoms with Crippen molar-refractivity contribution in [3.05, 3.63) is 24.5 Å². The lowest BCUT2D eigenvalue weighted by molar-refractivity contribution is 0.0990. The van der Waals surface area contributed by atoms with Gasteiger partial charge in [0.15, 0.2) is 0 Å². The highest BCUT2D eigenvalue weighted by molar-refractivity contribution is 5.88. The smallest absolute Gasteiger partial charge is 0.288 e. The Kier molecular flexibility index (Phi) is 4.35. The Morgan fingerprint density at radius 1 is 1.43 bits per heavy atom. The highest BCUT2D eigenvalue weighted by atomic mass is 16.5. The van der Waals surface area contributed by atoms with E-state index in [1.165, 1.54) is 6.33 Å². The predicted octanol–water partition coefficient (Wildman–Crippen LogP) is 0.407. The zero-order valence-corrected chi connectivity index (χ0v) is 12.9. The van der Waals surface area contributed by atoms with Gasteiger partial charge in [0, 0.05) is 19.2 Å². The summed E-state index contributed by atoms with van der Waals surface area (Å²) < 4.78 is 7.13. The molecule has 0 aliphatic carbocycles. The van der Waals surface area contributed by atoms with Crippen LogP contribution in [0.25, 0.3) is 0 Å². The molecular weight excluding hydrogens is 298 g/mol. The van der Waals surface area contributed by atoms with Crippen molar-refractivity contribution in [1.29, 1.82) is 0 Å². The summed E-state index contributed by atoms with van der Waals surface area (Å²) in [6, 6.07) is 1.96. The third-order valence-electron chi connectivity index (χ3n) is 3.74. The molecule has 0 unspecified atom stereocenters. The summed E-state index contributed by atoms with van der Waals surface area (Å²) in [4.78, 5) is 25.6. The minimum absolute atomic E-state index is 0.0443. The second-order valence-corrected chi connectivity index (χ2v) is 5.30. The average molecular weight is 317 g/mol. The van der Waals surface area contributed by atoms with Crippen LogP contribution in [0.5, 0.6) is 5.88 Å². The van der Waals surface area contributed by atoms with Gasteiger partial charge in [-0.1, -0.05) is 0 Å². The molecule has 1 fully saturated rings. The van der Waals surface area contributed by atoms with Crippen LogP contribution in [0.15, 0.2) is 18.7 Å². The molecule has 0 bridgehead atoms. The Bertz CT molecular complexity index is 687. The van der Waals surface area contributed by atoms with Crippen LogP contribution >= 0.6 is 0 Å². The van der Waals surface area contributed by atoms with Gasteiger partial charge in [-0.15, -0.1) is 5.10 Å². The molecule has 1 aliphatic rings. The van der Waals surface area contributed by atoms with Gasteiger partial charge in [0.1, 0.15) is 18.5 Å². The number of rotatable bonds is 5. The Morgan fingerprint density at radius 3 is 3.04 bits per heavy atom. The molecule has 3 heterocycles. The van der Waals surface area contributed by atoms with E-state index < -0.39 is 5.91 Å². The molecule has 0 aromatic carbocycles. The van der Waals surface area contributed by atoms with E-state index in [0.29, 0.717) is 12.5 Å². The first-order valence-electron chi connectivity index (χ1n) is 7.58. The number of hydrogen-bond acceptors (Lipinski definition) is 7. The van der Waals surface area contributed by atoms with Crippen molar-refractivity contribution in [2.75, 3.05) is 24.6 Å². The van der Waals surface area contributed by atoms with Gasteiger partial charge >= 0.3 is 0 Å². The summed E-state index contributed by atoms with van der Waals surface area (Å²) >= 11 is 0. The van der Waals surface area contributed by atoms with Gasteiger partial charge in [0.05, 0.1) is 12.6 Å². The summed E-state index contributed by atoms with van der Waals surface area (Å²) in [6.07, 6.45) is 5.01. The third-order valence-corrected chi connectivity index (χ3v) is 3.74. The number of primary amides is 1. The molecule has 0 radical (unpaired) electrons. The Morgan fingerprint density at radius 2 is 2.30 bits per heavy atom. The molecule has 122 valence electrons. The van der Waals surface area contributed by atoms with E-state index in [-0.39, 0.29) is 11.9 Å². The maximum absolute atomic E-state index is 11.1. The highest BCUT2D eigenvalue weighted by Crippen LogP contribution is 2.25. The van der Waals surface area contributed by atoms with Crippen molar-refractivity contribution in [2.24, 2.45) is 5.73 Å². The van der Waals surface area contributed by atoms with Crippen molar-refractivity contribution < 1.29 is 9.53 Å². The maximum atomic E-state index is 11.1. The maximum Gasteiger partial charge on any atom is 0.288 e. The Hall–Kier alpha value is -2.71. The largest absolute Gasteiger partial charge is 0.478 e. The van der Waals surface area contributed by atoms with E-state index in [2.05, 4.69) is 25.0 Å². The first-order chi connectivity index (χ1) is 11.2. The lowest BCUT2D eigenvalue weighted by atomic mass is 10.1. The highest BCUT2D eigenvalue weighted by Gasteiger charge is 2.24. The molecule has 1 aliphatic heterocycles. The van der Waals surface area contributed by atoms with E-state index in [9.17, 15) is 4.79 Å². The van der Waals surface area contributed by atoms with Gasteiger partial charge in [-0.2, -0.15) is 0 Å². The molecule has 1 amide bonds. The molecule has 9 nitrogen and oxygen atoms in total. The normalized spacial score (nSPS) is 18.0. The van der Waals surface area contributed by atoms with Crippen molar-refractivity contribution in [2.45, 2.75) is 25.8 Å². The molecule has 23 heavy (non-hydrogen) atoms. The van der Waals surface area contributed by atoms with Crippen molar-refractivity contribution in [3.8, 4) is 5.88 Å². The van der Waals surface area contributed by atoms with Crippen LogP contribution in [0, 0.1) is 0 Å². The van der Waals surface area contributed by atoms with E-state index in [1.54, 1.807) is 11.0 Å². The first kappa shape index (κ1) is 15.2. The topological polar surface area (TPSA) is 112 Å². The lowest BCUT2D eigenvalue weighted by Crippen LogP contribution is -2.37. The van der Waals surface area contributed by atoms with Gasteiger partial charge in [0.2, 0.25) is 11.7 Å². The fraction of sp³-hybridized carbons (Fsp3) is 0.500. The molecule has 9 heteroatoms. The van der Waals surface area contributed by atoms with Gasteiger partial charge in [-0.05, 0) is 19.8 Å². The standard InChI is InChI=1S/C14H19N7O2/c1-2-23-12-6-11(16-8-17-12)20-5-3-4-10(7-20)21-9-18-14(19-21)13(15)22/h6,8-10H,2-5,7H2,1H3,(H2,15,22)/t10-/m1/s1. The number of ether oxygens (including phenoxy) is 1. The number of amides is 1. The number of carbonyl (C=O) groups excluding carboxylic acids is 1. The van der Waals surface area contributed by atoms with E-state index in [4.69, 9.17) is 10.5 Å². The number of piperidine rings is 1. The molecule has 1 saturated heterocycles. The second kappa shape index (κ2) is 6.59. The number of nitrogens with two attached hydrogens (primary N) is 1. The minimum atomic E-state index is -0.617. The van der Waals surface area contributed by atoms with Crippen LogP contribution in [0.4, 0.5) is 5.82 Å². The monoisotopic (exact) mass is 317 g/mol. The SMILES string of the molecule is CCOc1cc(N2CCC[C@@H](n3cnc(C(N)=O)n3)C2)ncn1. The van der Waals surface area contributed by atoms with Crippen molar-refractivity contribution in [3.63, 3.8) is 0 Å². The summed E-state index contributed by atoms with van der Waals surface area (Å²) in [5.74, 6) is 0.816. The quantitative estimate of drug-likeness (QED) is 0.849. The number of nitrogens with zero attached hydrogens (tertiary/aromatic N) is 6. The van der Waals surface area contributed by atoms with E-state index in [0.717, 1.165) is 31.7 Å². The van der Waals surface area contributed by atoms with Gasteiger partial charge < -0.3 is 15.4 Å². The number of aromatic nitrogens is 5. The fourth-order valence-corrected chi connectivity index (χ4v) is 2.67. The van der Waals surface area contributed by atoms with Gasteiger partial charge in [-0.25, -0.2) is 19.6 Å². The first-order valence-corrected chi connectivity index (χ1v) is 7.58. The molecule has 2 aromatic rings. The fourth-order valence-electron chi connectivity index (χ4n) is 2.67. The molecular formula is C14H19N7O2. The van der Waals surface area contributed by atoms with Crippen LogP contribution in [0.2, 0.25) is 0 Å². The van der Waals surface area contributed by atoms with Crippen LogP contribution in [0.3, 0.4) is 0 Å². The number of hydrogen-bond donors (Lipinski definition) is 1. The van der Waals surface area contributed by atoms with E-state index in [1.807, 2.05) is 13.0 Å². The summed E-state index contributed by atoms with van der Waals surface area (Å²) in [5.41, 5.74) is 5.20. The molecule has 0 saturated carbocycles. The number of carbonyl (C=O) groups is 1. The number of anilines is 1. The summed E-state index contributed by atoms with van der Waals surface area (Å²) in [7, 11) is 0. The van der Waals surface area contributed by atoms with Crippen LogP contribution < -0.4 is 15.4 Å². The molecule has 2 aromatic heterocycles. The van der Waals surface area contributed by atoms with Gasteiger partial charge in [0.25, 0.3) is 5.91 Å². The average Bonchev–Trinajstić information content (AvgIpc) is 3.06. The lowest BCUT2D eigenvalue weighted by Gasteiger charge is -2.33. The Labute approximate surface area is 133 Å². The molecule has 0 spiro atoms. The van der Waals surface area contributed by atoms with E-state index >= 15 is 0 Å². The summed E-state index contributed by atoms with van der Waals surface area (Å²) in [6.45, 7) is 4.11. The van der Waals surface area contributed by atoms with Gasteiger partial charge in [-0.3, -0.25) is 4.79 Å². The van der Waals surface area contributed by atoms with Crippen molar-refractivity contribution >= 4 is 11.7 Å². The minimum Gasteiger partial charge on any atom is -0.478 e. The van der Waals surface area contributed by atoms with Crippen molar-refractivity contribution in [1.82, 2.24) is 24.7 Å². The molecule has 2 N–H and O–H groups in total. The van der Waals surface area contributed by atoms with Crippen LogP contribution in [-0.4, -0.2) is 50.3 Å². The summed E-state index contributed by atoms with van der Waals surface area (Å²) in [5, 5.41) is 4.16. The van der Waals surface area contributed by atoms with Crippen LogP contribution in [-0.2, 0) is 0 Å². The second-order valence-electron chi connectivity index (χ2n) is 5.30. The Balaban J connectivity index is 1.74. The zero-order valence-electron chi connectivity index (χ0n) is 12.9. The predicted molar refractivity (Wildman–Crippen MR) is 82.2 cm³/mol. The zero-order chi connectivity index (χ0) is 16.2. The van der Waals surface area contributed by atoms with Crippen LogP contribution in [0.1, 0.15) is 36.4 Å². The molecule has 1 atom stereocenters. The molecule has 3 rings (SSSR count). The third kappa shape index (κ3) is 3.38.